The predicted octanol–water partition coefficient (Wildman–Crippen LogP) is 3.62. The molecule has 0 atom stereocenters. The molecule has 1 amide bonds. The first kappa shape index (κ1) is 14.6. The van der Waals surface area contributed by atoms with E-state index in [1.807, 2.05) is 0 Å². The van der Waals surface area contributed by atoms with Gasteiger partial charge >= 0.3 is 0 Å². The van der Waals surface area contributed by atoms with Crippen LogP contribution in [0.5, 0.6) is 0 Å². The van der Waals surface area contributed by atoms with Gasteiger partial charge in [-0.25, -0.2) is 0 Å². The Kier molecular flexibility index (Phi) is 5.03. The third-order valence-electron chi connectivity index (χ3n) is 4.09. The van der Waals surface area contributed by atoms with E-state index >= 15 is 0 Å². The molecule has 104 valence electrons. The highest BCUT2D eigenvalue weighted by Crippen LogP contribution is 2.25. The van der Waals surface area contributed by atoms with E-state index in [0.717, 1.165) is 17.4 Å². The topological polar surface area (TPSA) is 20.3 Å². The molecule has 0 aromatic heterocycles. The Morgan fingerprint density at radius 1 is 1.32 bits per heavy atom. The van der Waals surface area contributed by atoms with E-state index in [2.05, 4.69) is 52.9 Å². The number of benzene rings is 1. The lowest BCUT2D eigenvalue weighted by Crippen LogP contribution is -2.45. The third-order valence-corrected chi connectivity index (χ3v) is 4.44. The summed E-state index contributed by atoms with van der Waals surface area (Å²) in [5, 5.41) is 0.863. The maximum absolute atomic E-state index is 12.4. The number of alkyl halides is 1. The van der Waals surface area contributed by atoms with Crippen LogP contribution in [0.1, 0.15) is 36.0 Å². The number of aryl methyl sites for hydroxylation is 2. The Balaban J connectivity index is 2.03. The van der Waals surface area contributed by atoms with Gasteiger partial charge in [0.2, 0.25) is 5.91 Å². The standard InChI is InChI=1S/C16H22BrNO/c1-12-6-7-14(10-13(12)2)11-16(19)18(9-8-17)15-4-3-5-15/h6-7,10,15H,3-5,8-9,11H2,1-2H3. The number of halogens is 1. The molecule has 0 saturated heterocycles. The Morgan fingerprint density at radius 3 is 2.58 bits per heavy atom. The molecule has 1 aromatic carbocycles. The molecule has 0 unspecified atom stereocenters. The molecule has 1 aliphatic rings. The van der Waals surface area contributed by atoms with Gasteiger partial charge in [-0.05, 0) is 49.8 Å². The molecule has 0 N–H and O–H groups in total. The van der Waals surface area contributed by atoms with Crippen molar-refractivity contribution < 1.29 is 4.79 Å². The largest absolute Gasteiger partial charge is 0.339 e. The summed E-state index contributed by atoms with van der Waals surface area (Å²) in [4.78, 5) is 14.5. The second kappa shape index (κ2) is 6.56. The smallest absolute Gasteiger partial charge is 0.227 e. The molecule has 1 saturated carbocycles. The van der Waals surface area contributed by atoms with Gasteiger partial charge in [0.1, 0.15) is 0 Å². The summed E-state index contributed by atoms with van der Waals surface area (Å²) in [6.45, 7) is 5.03. The Morgan fingerprint density at radius 2 is 2.05 bits per heavy atom. The molecule has 0 aliphatic heterocycles. The second-order valence-corrected chi connectivity index (χ2v) is 6.25. The number of nitrogens with zero attached hydrogens (tertiary/aromatic N) is 1. The van der Waals surface area contributed by atoms with Crippen molar-refractivity contribution in [2.75, 3.05) is 11.9 Å². The molecule has 0 bridgehead atoms. The molecule has 2 rings (SSSR count). The lowest BCUT2D eigenvalue weighted by molar-refractivity contribution is -0.134. The van der Waals surface area contributed by atoms with Crippen LogP contribution < -0.4 is 0 Å². The third kappa shape index (κ3) is 3.59. The summed E-state index contributed by atoms with van der Waals surface area (Å²) >= 11 is 3.45. The molecule has 2 nitrogen and oxygen atoms in total. The minimum Gasteiger partial charge on any atom is -0.339 e. The minimum atomic E-state index is 0.271. The minimum absolute atomic E-state index is 0.271. The highest BCUT2D eigenvalue weighted by molar-refractivity contribution is 9.09. The fourth-order valence-electron chi connectivity index (χ4n) is 2.49. The molecule has 19 heavy (non-hydrogen) atoms. The molecular weight excluding hydrogens is 302 g/mol. The van der Waals surface area contributed by atoms with E-state index in [0.29, 0.717) is 12.5 Å². The molecule has 1 aromatic rings. The summed E-state index contributed by atoms with van der Waals surface area (Å²) in [5.41, 5.74) is 3.68. The van der Waals surface area contributed by atoms with Gasteiger partial charge in [-0.1, -0.05) is 34.1 Å². The van der Waals surface area contributed by atoms with Gasteiger partial charge < -0.3 is 4.90 Å². The predicted molar refractivity (Wildman–Crippen MR) is 82.8 cm³/mol. The number of hydrogen-bond donors (Lipinski definition) is 0. The first-order valence-electron chi connectivity index (χ1n) is 7.03. The molecule has 0 spiro atoms. The summed E-state index contributed by atoms with van der Waals surface area (Å²) in [6.07, 6.45) is 4.14. The maximum atomic E-state index is 12.4. The van der Waals surface area contributed by atoms with Crippen molar-refractivity contribution in [3.63, 3.8) is 0 Å². The van der Waals surface area contributed by atoms with Crippen molar-refractivity contribution >= 4 is 21.8 Å². The van der Waals surface area contributed by atoms with E-state index in [1.165, 1.54) is 30.4 Å². The van der Waals surface area contributed by atoms with E-state index in [9.17, 15) is 4.79 Å². The summed E-state index contributed by atoms with van der Waals surface area (Å²) in [6, 6.07) is 6.81. The quantitative estimate of drug-likeness (QED) is 0.758. The van der Waals surface area contributed by atoms with Gasteiger partial charge in [0, 0.05) is 17.9 Å². The normalized spacial score (nSPS) is 15.1. The fourth-order valence-corrected chi connectivity index (χ4v) is 2.87. The van der Waals surface area contributed by atoms with Gasteiger partial charge in [0.05, 0.1) is 6.42 Å². The average Bonchev–Trinajstić information content (AvgIpc) is 2.31. The van der Waals surface area contributed by atoms with Crippen LogP contribution in [-0.2, 0) is 11.2 Å². The van der Waals surface area contributed by atoms with Crippen molar-refractivity contribution in [2.45, 2.75) is 45.6 Å². The average molecular weight is 324 g/mol. The van der Waals surface area contributed by atoms with Crippen molar-refractivity contribution in [3.8, 4) is 0 Å². The highest BCUT2D eigenvalue weighted by atomic mass is 79.9. The van der Waals surface area contributed by atoms with Gasteiger partial charge in [0.15, 0.2) is 0 Å². The number of carbonyl (C=O) groups is 1. The molecule has 1 aliphatic carbocycles. The Labute approximate surface area is 124 Å². The van der Waals surface area contributed by atoms with Crippen LogP contribution in [0.4, 0.5) is 0 Å². The zero-order chi connectivity index (χ0) is 13.8. The van der Waals surface area contributed by atoms with Crippen LogP contribution >= 0.6 is 15.9 Å². The number of carbonyl (C=O) groups excluding carboxylic acids is 1. The Hall–Kier alpha value is -0.830. The lowest BCUT2D eigenvalue weighted by atomic mass is 9.91. The monoisotopic (exact) mass is 323 g/mol. The van der Waals surface area contributed by atoms with Crippen molar-refractivity contribution in [2.24, 2.45) is 0 Å². The molecule has 0 heterocycles. The molecule has 1 fully saturated rings. The van der Waals surface area contributed by atoms with Crippen LogP contribution in [0.15, 0.2) is 18.2 Å². The number of hydrogen-bond acceptors (Lipinski definition) is 1. The summed E-state index contributed by atoms with van der Waals surface area (Å²) in [7, 11) is 0. The van der Waals surface area contributed by atoms with Gasteiger partial charge in [-0.2, -0.15) is 0 Å². The SMILES string of the molecule is Cc1ccc(CC(=O)N(CCBr)C2CCC2)cc1C. The maximum Gasteiger partial charge on any atom is 0.227 e. The lowest BCUT2D eigenvalue weighted by Gasteiger charge is -2.37. The van der Waals surface area contributed by atoms with Gasteiger partial charge in [0.25, 0.3) is 0 Å². The van der Waals surface area contributed by atoms with E-state index in [-0.39, 0.29) is 5.91 Å². The fraction of sp³-hybridized carbons (Fsp3) is 0.562. The number of amides is 1. The van der Waals surface area contributed by atoms with E-state index < -0.39 is 0 Å². The highest BCUT2D eigenvalue weighted by Gasteiger charge is 2.27. The molecule has 0 radical (unpaired) electrons. The van der Waals surface area contributed by atoms with Crippen molar-refractivity contribution in [3.05, 3.63) is 34.9 Å². The van der Waals surface area contributed by atoms with Crippen LogP contribution in [0.3, 0.4) is 0 Å². The zero-order valence-corrected chi connectivity index (χ0v) is 13.4. The van der Waals surface area contributed by atoms with Crippen LogP contribution in [0.2, 0.25) is 0 Å². The summed E-state index contributed by atoms with van der Waals surface area (Å²) in [5.74, 6) is 0.271. The van der Waals surface area contributed by atoms with Gasteiger partial charge in [-0.15, -0.1) is 0 Å². The van der Waals surface area contributed by atoms with Gasteiger partial charge in [-0.3, -0.25) is 4.79 Å². The zero-order valence-electron chi connectivity index (χ0n) is 11.8. The van der Waals surface area contributed by atoms with Crippen molar-refractivity contribution in [1.82, 2.24) is 4.90 Å². The summed E-state index contributed by atoms with van der Waals surface area (Å²) < 4.78 is 0. The van der Waals surface area contributed by atoms with E-state index in [1.54, 1.807) is 0 Å². The molecule has 3 heteroatoms. The van der Waals surface area contributed by atoms with Crippen LogP contribution in [0.25, 0.3) is 0 Å². The van der Waals surface area contributed by atoms with Crippen LogP contribution in [0, 0.1) is 13.8 Å². The molecular formula is C16H22BrNO. The second-order valence-electron chi connectivity index (χ2n) is 5.46. The first-order chi connectivity index (χ1) is 9.11. The van der Waals surface area contributed by atoms with Crippen molar-refractivity contribution in [1.29, 1.82) is 0 Å². The van der Waals surface area contributed by atoms with E-state index in [4.69, 9.17) is 0 Å². The Bertz CT molecular complexity index is 454. The first-order valence-corrected chi connectivity index (χ1v) is 8.15. The van der Waals surface area contributed by atoms with Crippen LogP contribution in [-0.4, -0.2) is 28.7 Å². The number of rotatable bonds is 5.